The number of pyridine rings is 1. The summed E-state index contributed by atoms with van der Waals surface area (Å²) >= 11 is 0. The number of rotatable bonds is 4. The molecule has 0 aliphatic rings. The first-order chi connectivity index (χ1) is 9.52. The van der Waals surface area contributed by atoms with Gasteiger partial charge in [-0.15, -0.1) is 0 Å². The molecular formula is C14H18N4O2. The third-order valence-electron chi connectivity index (χ3n) is 2.97. The van der Waals surface area contributed by atoms with E-state index in [4.69, 9.17) is 10.5 Å². The number of aromatic nitrogens is 3. The first-order valence-corrected chi connectivity index (χ1v) is 6.43. The van der Waals surface area contributed by atoms with E-state index in [2.05, 4.69) is 10.1 Å². The minimum atomic E-state index is -0.466. The Morgan fingerprint density at radius 3 is 2.80 bits per heavy atom. The normalized spacial score (nSPS) is 10.6. The zero-order valence-corrected chi connectivity index (χ0v) is 11.9. The van der Waals surface area contributed by atoms with Crippen molar-refractivity contribution in [1.82, 2.24) is 14.8 Å². The van der Waals surface area contributed by atoms with Crippen molar-refractivity contribution in [3.05, 3.63) is 41.0 Å². The van der Waals surface area contributed by atoms with Gasteiger partial charge in [-0.3, -0.25) is 9.67 Å². The summed E-state index contributed by atoms with van der Waals surface area (Å²) in [6.07, 6.45) is 3.42. The predicted octanol–water partition coefficient (Wildman–Crippen LogP) is 1.85. The quantitative estimate of drug-likeness (QED) is 0.860. The Kier molecular flexibility index (Phi) is 4.02. The van der Waals surface area contributed by atoms with E-state index in [9.17, 15) is 4.79 Å². The van der Waals surface area contributed by atoms with Crippen molar-refractivity contribution in [3.63, 3.8) is 0 Å². The fourth-order valence-electron chi connectivity index (χ4n) is 1.95. The average molecular weight is 274 g/mol. The highest BCUT2D eigenvalue weighted by Gasteiger charge is 2.20. The molecule has 2 rings (SSSR count). The molecule has 0 aliphatic carbocycles. The van der Waals surface area contributed by atoms with Crippen LogP contribution in [0.15, 0.2) is 18.5 Å². The smallest absolute Gasteiger partial charge is 0.359 e. The SMILES string of the molecule is CCn1nc(C)c(N)c1C(=O)OCc1cncc(C)c1. The molecule has 6 nitrogen and oxygen atoms in total. The molecule has 0 fully saturated rings. The second-order valence-corrected chi connectivity index (χ2v) is 4.61. The summed E-state index contributed by atoms with van der Waals surface area (Å²) in [5, 5.41) is 4.20. The average Bonchev–Trinajstić information content (AvgIpc) is 2.72. The Hall–Kier alpha value is -2.37. The highest BCUT2D eigenvalue weighted by atomic mass is 16.5. The number of hydrogen-bond acceptors (Lipinski definition) is 5. The second-order valence-electron chi connectivity index (χ2n) is 4.61. The van der Waals surface area contributed by atoms with E-state index in [1.54, 1.807) is 24.0 Å². The van der Waals surface area contributed by atoms with Crippen LogP contribution in [0.2, 0.25) is 0 Å². The Balaban J connectivity index is 2.13. The largest absolute Gasteiger partial charge is 0.456 e. The van der Waals surface area contributed by atoms with Crippen LogP contribution in [0.3, 0.4) is 0 Å². The van der Waals surface area contributed by atoms with E-state index in [0.717, 1.165) is 11.1 Å². The van der Waals surface area contributed by atoms with Crippen LogP contribution in [-0.2, 0) is 17.9 Å². The summed E-state index contributed by atoms with van der Waals surface area (Å²) in [4.78, 5) is 16.2. The van der Waals surface area contributed by atoms with Crippen LogP contribution in [0.5, 0.6) is 0 Å². The lowest BCUT2D eigenvalue weighted by atomic mass is 10.2. The Bertz CT molecular complexity index is 634. The summed E-state index contributed by atoms with van der Waals surface area (Å²) in [6, 6.07) is 1.92. The Morgan fingerprint density at radius 2 is 2.15 bits per heavy atom. The Morgan fingerprint density at radius 1 is 1.40 bits per heavy atom. The van der Waals surface area contributed by atoms with Crippen molar-refractivity contribution in [2.24, 2.45) is 0 Å². The molecule has 0 amide bonds. The molecule has 0 radical (unpaired) electrons. The summed E-state index contributed by atoms with van der Waals surface area (Å²) in [5.74, 6) is -0.466. The van der Waals surface area contributed by atoms with Gasteiger partial charge in [0.1, 0.15) is 6.61 Å². The van der Waals surface area contributed by atoms with Gasteiger partial charge in [-0.2, -0.15) is 5.10 Å². The first kappa shape index (κ1) is 14.0. The van der Waals surface area contributed by atoms with Gasteiger partial charge in [0.2, 0.25) is 0 Å². The number of nitrogens with two attached hydrogens (primary N) is 1. The number of esters is 1. The number of hydrogen-bond donors (Lipinski definition) is 1. The number of carbonyl (C=O) groups is 1. The van der Waals surface area contributed by atoms with Gasteiger partial charge >= 0.3 is 5.97 Å². The zero-order valence-electron chi connectivity index (χ0n) is 11.9. The zero-order chi connectivity index (χ0) is 14.7. The van der Waals surface area contributed by atoms with Crippen LogP contribution < -0.4 is 5.73 Å². The fraction of sp³-hybridized carbons (Fsp3) is 0.357. The molecule has 2 aromatic rings. The molecule has 0 spiro atoms. The highest BCUT2D eigenvalue weighted by molar-refractivity contribution is 5.93. The Labute approximate surface area is 117 Å². The van der Waals surface area contributed by atoms with Gasteiger partial charge in [-0.05, 0) is 32.4 Å². The third-order valence-corrected chi connectivity index (χ3v) is 2.97. The first-order valence-electron chi connectivity index (χ1n) is 6.43. The van der Waals surface area contributed by atoms with E-state index in [1.807, 2.05) is 19.9 Å². The van der Waals surface area contributed by atoms with Crippen molar-refractivity contribution in [2.45, 2.75) is 33.9 Å². The van der Waals surface area contributed by atoms with E-state index in [1.165, 1.54) is 0 Å². The minimum absolute atomic E-state index is 0.168. The van der Waals surface area contributed by atoms with Gasteiger partial charge in [0.15, 0.2) is 5.69 Å². The molecule has 106 valence electrons. The van der Waals surface area contributed by atoms with Crippen molar-refractivity contribution < 1.29 is 9.53 Å². The number of aryl methyl sites for hydroxylation is 3. The molecule has 0 saturated heterocycles. The van der Waals surface area contributed by atoms with Crippen LogP contribution in [0.25, 0.3) is 0 Å². The second kappa shape index (κ2) is 5.73. The van der Waals surface area contributed by atoms with E-state index < -0.39 is 5.97 Å². The number of ether oxygens (including phenoxy) is 1. The lowest BCUT2D eigenvalue weighted by molar-refractivity contribution is 0.0459. The lowest BCUT2D eigenvalue weighted by Crippen LogP contribution is -2.14. The van der Waals surface area contributed by atoms with Crippen molar-refractivity contribution in [3.8, 4) is 0 Å². The third kappa shape index (κ3) is 2.79. The number of anilines is 1. The van der Waals surface area contributed by atoms with Gasteiger partial charge in [0.25, 0.3) is 0 Å². The van der Waals surface area contributed by atoms with Crippen LogP contribution in [0, 0.1) is 13.8 Å². The molecule has 0 aliphatic heterocycles. The monoisotopic (exact) mass is 274 g/mol. The molecule has 0 unspecified atom stereocenters. The van der Waals surface area contributed by atoms with Crippen LogP contribution in [-0.4, -0.2) is 20.7 Å². The van der Waals surface area contributed by atoms with E-state index >= 15 is 0 Å². The van der Waals surface area contributed by atoms with Crippen LogP contribution >= 0.6 is 0 Å². The molecule has 2 heterocycles. The predicted molar refractivity (Wildman–Crippen MR) is 75.1 cm³/mol. The van der Waals surface area contributed by atoms with Gasteiger partial charge in [0, 0.05) is 24.5 Å². The maximum Gasteiger partial charge on any atom is 0.359 e. The van der Waals surface area contributed by atoms with Crippen molar-refractivity contribution in [2.75, 3.05) is 5.73 Å². The van der Waals surface area contributed by atoms with Gasteiger partial charge < -0.3 is 10.5 Å². The lowest BCUT2D eigenvalue weighted by Gasteiger charge is -2.07. The molecule has 2 N–H and O–H groups in total. The van der Waals surface area contributed by atoms with E-state index in [0.29, 0.717) is 23.6 Å². The number of carbonyl (C=O) groups excluding carboxylic acids is 1. The number of nitrogens with zero attached hydrogens (tertiary/aromatic N) is 3. The van der Waals surface area contributed by atoms with Crippen molar-refractivity contribution in [1.29, 1.82) is 0 Å². The number of nitrogen functional groups attached to an aromatic ring is 1. The summed E-state index contributed by atoms with van der Waals surface area (Å²) in [7, 11) is 0. The maximum atomic E-state index is 12.1. The molecule has 20 heavy (non-hydrogen) atoms. The minimum Gasteiger partial charge on any atom is -0.456 e. The fourth-order valence-corrected chi connectivity index (χ4v) is 1.95. The standard InChI is InChI=1S/C14H18N4O2/c1-4-18-13(12(15)10(3)17-18)14(19)20-8-11-5-9(2)6-16-7-11/h5-7H,4,8,15H2,1-3H3. The molecular weight excluding hydrogens is 256 g/mol. The van der Waals surface area contributed by atoms with Crippen molar-refractivity contribution >= 4 is 11.7 Å². The topological polar surface area (TPSA) is 83.0 Å². The maximum absolute atomic E-state index is 12.1. The highest BCUT2D eigenvalue weighted by Crippen LogP contribution is 2.18. The van der Waals surface area contributed by atoms with Gasteiger partial charge in [0.05, 0.1) is 11.4 Å². The molecule has 6 heteroatoms. The summed E-state index contributed by atoms with van der Waals surface area (Å²) in [5.41, 5.74) is 9.06. The molecule has 2 aromatic heterocycles. The molecule has 0 bridgehead atoms. The summed E-state index contributed by atoms with van der Waals surface area (Å²) < 4.78 is 6.84. The molecule has 0 aromatic carbocycles. The summed E-state index contributed by atoms with van der Waals surface area (Å²) in [6.45, 7) is 6.33. The van der Waals surface area contributed by atoms with Gasteiger partial charge in [-0.25, -0.2) is 4.79 Å². The molecule has 0 saturated carbocycles. The van der Waals surface area contributed by atoms with Crippen LogP contribution in [0.4, 0.5) is 5.69 Å². The molecule has 0 atom stereocenters. The van der Waals surface area contributed by atoms with E-state index in [-0.39, 0.29) is 6.61 Å². The van der Waals surface area contributed by atoms with Crippen LogP contribution in [0.1, 0.15) is 34.2 Å². The van der Waals surface area contributed by atoms with Gasteiger partial charge in [-0.1, -0.05) is 0 Å².